The largest absolute Gasteiger partial charge is 0.319 e. The van der Waals surface area contributed by atoms with Crippen LogP contribution >= 0.6 is 46.4 Å². The van der Waals surface area contributed by atoms with Gasteiger partial charge >= 0.3 is 0 Å². The van der Waals surface area contributed by atoms with Crippen molar-refractivity contribution in [3.63, 3.8) is 0 Å². The topological polar surface area (TPSA) is 38.9 Å². The van der Waals surface area contributed by atoms with Gasteiger partial charge in [-0.3, -0.25) is 4.98 Å². The molecular formula is C12H8Cl4N2. The molecule has 0 bridgehead atoms. The first-order chi connectivity index (χ1) is 8.49. The first kappa shape index (κ1) is 13.9. The molecule has 1 aromatic carbocycles. The standard InChI is InChI=1S/C12H8Cl4N2/c13-7-4-10(16)12(18-5-7)11(17)6-1-2-8(14)9(15)3-6/h1-5,11H,17H2. The van der Waals surface area contributed by atoms with Gasteiger partial charge in [-0.05, 0) is 23.8 Å². The maximum atomic E-state index is 6.09. The number of hydrogen-bond acceptors (Lipinski definition) is 2. The van der Waals surface area contributed by atoms with E-state index in [2.05, 4.69) is 4.98 Å². The Morgan fingerprint density at radius 3 is 2.28 bits per heavy atom. The molecule has 1 atom stereocenters. The van der Waals surface area contributed by atoms with Gasteiger partial charge in [0, 0.05) is 6.20 Å². The van der Waals surface area contributed by atoms with Gasteiger partial charge in [0.1, 0.15) is 0 Å². The van der Waals surface area contributed by atoms with Crippen molar-refractivity contribution in [1.29, 1.82) is 0 Å². The van der Waals surface area contributed by atoms with E-state index < -0.39 is 6.04 Å². The molecule has 1 unspecified atom stereocenters. The van der Waals surface area contributed by atoms with Crippen LogP contribution in [-0.4, -0.2) is 4.98 Å². The minimum Gasteiger partial charge on any atom is -0.319 e. The van der Waals surface area contributed by atoms with E-state index >= 15 is 0 Å². The summed E-state index contributed by atoms with van der Waals surface area (Å²) in [6, 6.07) is 6.28. The maximum absolute atomic E-state index is 6.09. The Hall–Kier alpha value is -0.510. The molecule has 0 spiro atoms. The molecule has 18 heavy (non-hydrogen) atoms. The van der Waals surface area contributed by atoms with Gasteiger partial charge in [-0.15, -0.1) is 0 Å². The molecule has 2 nitrogen and oxygen atoms in total. The summed E-state index contributed by atoms with van der Waals surface area (Å²) in [5, 5.41) is 1.80. The third-order valence-electron chi connectivity index (χ3n) is 2.43. The Morgan fingerprint density at radius 2 is 1.67 bits per heavy atom. The van der Waals surface area contributed by atoms with Crippen molar-refractivity contribution in [2.45, 2.75) is 6.04 Å². The van der Waals surface area contributed by atoms with Crippen LogP contribution in [0, 0.1) is 0 Å². The Kier molecular flexibility index (Phi) is 4.36. The highest BCUT2D eigenvalue weighted by Crippen LogP contribution is 2.30. The van der Waals surface area contributed by atoms with E-state index in [1.54, 1.807) is 24.3 Å². The van der Waals surface area contributed by atoms with Crippen LogP contribution in [-0.2, 0) is 0 Å². The molecule has 0 radical (unpaired) electrons. The highest BCUT2D eigenvalue weighted by atomic mass is 35.5. The molecule has 1 heterocycles. The summed E-state index contributed by atoms with van der Waals surface area (Å²) in [4.78, 5) is 4.14. The summed E-state index contributed by atoms with van der Waals surface area (Å²) < 4.78 is 0. The van der Waals surface area contributed by atoms with Crippen LogP contribution in [0.3, 0.4) is 0 Å². The highest BCUT2D eigenvalue weighted by Gasteiger charge is 2.15. The second-order valence-corrected chi connectivity index (χ2v) is 5.33. The van der Waals surface area contributed by atoms with E-state index in [4.69, 9.17) is 52.1 Å². The van der Waals surface area contributed by atoms with Crippen LogP contribution in [0.15, 0.2) is 30.5 Å². The zero-order valence-electron chi connectivity index (χ0n) is 9.00. The molecule has 0 aliphatic heterocycles. The Bertz CT molecular complexity index is 586. The minimum atomic E-state index is -0.482. The summed E-state index contributed by atoms with van der Waals surface area (Å²) in [5.41, 5.74) is 7.41. The lowest BCUT2D eigenvalue weighted by molar-refractivity contribution is 0.829. The van der Waals surface area contributed by atoms with E-state index in [9.17, 15) is 0 Å². The van der Waals surface area contributed by atoms with Gasteiger partial charge in [-0.2, -0.15) is 0 Å². The summed E-state index contributed by atoms with van der Waals surface area (Å²) in [6.07, 6.45) is 1.50. The van der Waals surface area contributed by atoms with Gasteiger partial charge in [0.25, 0.3) is 0 Å². The van der Waals surface area contributed by atoms with Gasteiger partial charge < -0.3 is 5.73 Å². The fraction of sp³-hybridized carbons (Fsp3) is 0.0833. The lowest BCUT2D eigenvalue weighted by Crippen LogP contribution is -2.14. The predicted molar refractivity (Wildman–Crippen MR) is 76.7 cm³/mol. The number of pyridine rings is 1. The van der Waals surface area contributed by atoms with Crippen molar-refractivity contribution in [3.05, 3.63) is 61.8 Å². The van der Waals surface area contributed by atoms with Crippen LogP contribution in [0.25, 0.3) is 0 Å². The van der Waals surface area contributed by atoms with Crippen LogP contribution in [0.1, 0.15) is 17.3 Å². The average Bonchev–Trinajstić information content (AvgIpc) is 2.32. The van der Waals surface area contributed by atoms with Gasteiger partial charge in [0.2, 0.25) is 0 Å². The lowest BCUT2D eigenvalue weighted by atomic mass is 10.0. The third-order valence-corrected chi connectivity index (χ3v) is 3.68. The second kappa shape index (κ2) is 5.64. The van der Waals surface area contributed by atoms with E-state index in [0.717, 1.165) is 5.56 Å². The number of aromatic nitrogens is 1. The number of nitrogens with two attached hydrogens (primary N) is 1. The van der Waals surface area contributed by atoms with Crippen LogP contribution < -0.4 is 5.73 Å². The van der Waals surface area contributed by atoms with Crippen molar-refractivity contribution in [2.24, 2.45) is 5.73 Å². The highest BCUT2D eigenvalue weighted by molar-refractivity contribution is 6.42. The lowest BCUT2D eigenvalue weighted by Gasteiger charge is -2.14. The SMILES string of the molecule is NC(c1ccc(Cl)c(Cl)c1)c1ncc(Cl)cc1Cl. The summed E-state index contributed by atoms with van der Waals surface area (Å²) in [6.45, 7) is 0. The molecule has 0 aliphatic rings. The Labute approximate surface area is 125 Å². The van der Waals surface area contributed by atoms with E-state index in [0.29, 0.717) is 25.8 Å². The van der Waals surface area contributed by atoms with Gasteiger partial charge in [0.15, 0.2) is 0 Å². The predicted octanol–water partition coefficient (Wildman–Crippen LogP) is 4.74. The number of rotatable bonds is 2. The summed E-state index contributed by atoms with van der Waals surface area (Å²) >= 11 is 23.6. The summed E-state index contributed by atoms with van der Waals surface area (Å²) in [5.74, 6) is 0. The summed E-state index contributed by atoms with van der Waals surface area (Å²) in [7, 11) is 0. The molecule has 0 saturated heterocycles. The molecule has 2 rings (SSSR count). The van der Waals surface area contributed by atoms with E-state index in [1.165, 1.54) is 6.20 Å². The maximum Gasteiger partial charge on any atom is 0.0803 e. The van der Waals surface area contributed by atoms with Crippen molar-refractivity contribution >= 4 is 46.4 Å². The van der Waals surface area contributed by atoms with Crippen LogP contribution in [0.2, 0.25) is 20.1 Å². The van der Waals surface area contributed by atoms with Crippen LogP contribution in [0.5, 0.6) is 0 Å². The molecule has 0 fully saturated rings. The normalized spacial score (nSPS) is 12.5. The second-order valence-electron chi connectivity index (χ2n) is 3.67. The Balaban J connectivity index is 2.41. The monoisotopic (exact) mass is 320 g/mol. The molecule has 1 aromatic heterocycles. The number of nitrogens with zero attached hydrogens (tertiary/aromatic N) is 1. The van der Waals surface area contributed by atoms with E-state index in [-0.39, 0.29) is 0 Å². The molecule has 2 aromatic rings. The smallest absolute Gasteiger partial charge is 0.0803 e. The van der Waals surface area contributed by atoms with Gasteiger partial charge in [0.05, 0.1) is 31.8 Å². The van der Waals surface area contributed by atoms with Crippen molar-refractivity contribution in [1.82, 2.24) is 4.98 Å². The minimum absolute atomic E-state index is 0.418. The number of benzene rings is 1. The fourth-order valence-corrected chi connectivity index (χ4v) is 2.32. The molecule has 0 amide bonds. The average molecular weight is 322 g/mol. The number of hydrogen-bond donors (Lipinski definition) is 1. The van der Waals surface area contributed by atoms with Crippen LogP contribution in [0.4, 0.5) is 0 Å². The quantitative estimate of drug-likeness (QED) is 0.867. The van der Waals surface area contributed by atoms with Crippen molar-refractivity contribution < 1.29 is 0 Å². The zero-order chi connectivity index (χ0) is 13.3. The van der Waals surface area contributed by atoms with Crippen molar-refractivity contribution in [3.8, 4) is 0 Å². The Morgan fingerprint density at radius 1 is 0.944 bits per heavy atom. The number of halogens is 4. The molecule has 0 saturated carbocycles. The van der Waals surface area contributed by atoms with Crippen molar-refractivity contribution in [2.75, 3.05) is 0 Å². The molecule has 0 aliphatic carbocycles. The molecule has 2 N–H and O–H groups in total. The third kappa shape index (κ3) is 2.90. The van der Waals surface area contributed by atoms with E-state index in [1.807, 2.05) is 0 Å². The first-order valence-electron chi connectivity index (χ1n) is 5.00. The first-order valence-corrected chi connectivity index (χ1v) is 6.51. The molecular weight excluding hydrogens is 314 g/mol. The fourth-order valence-electron chi connectivity index (χ4n) is 1.52. The molecule has 94 valence electrons. The van der Waals surface area contributed by atoms with Gasteiger partial charge in [-0.25, -0.2) is 0 Å². The molecule has 6 heteroatoms. The zero-order valence-corrected chi connectivity index (χ0v) is 12.0. The van der Waals surface area contributed by atoms with Gasteiger partial charge in [-0.1, -0.05) is 52.5 Å².